The molecule has 4 atom stereocenters. The van der Waals surface area contributed by atoms with Crippen LogP contribution in [0, 0.1) is 11.8 Å². The van der Waals surface area contributed by atoms with Crippen LogP contribution in [0.3, 0.4) is 0 Å². The minimum atomic E-state index is 0.442. The average Bonchev–Trinajstić information content (AvgIpc) is 3.14. The van der Waals surface area contributed by atoms with Crippen molar-refractivity contribution in [1.82, 2.24) is 0 Å². The Kier molecular flexibility index (Phi) is 3.43. The Bertz CT molecular complexity index is 412. The third-order valence-corrected chi connectivity index (χ3v) is 5.03. The molecule has 0 radical (unpaired) electrons. The first-order valence-electron chi connectivity index (χ1n) is 7.66. The van der Waals surface area contributed by atoms with Crippen LogP contribution in [0.4, 0.5) is 0 Å². The number of nitrogens with two attached hydrogens (primary N) is 1. The van der Waals surface area contributed by atoms with Crippen molar-refractivity contribution < 1.29 is 0 Å². The zero-order chi connectivity index (χ0) is 12.5. The van der Waals surface area contributed by atoms with Crippen LogP contribution in [0.2, 0.25) is 0 Å². The summed E-state index contributed by atoms with van der Waals surface area (Å²) in [6.45, 7) is 2.26. The molecule has 0 heterocycles. The molecule has 1 saturated carbocycles. The Morgan fingerprint density at radius 3 is 2.94 bits per heavy atom. The lowest BCUT2D eigenvalue weighted by Crippen LogP contribution is -2.23. The molecule has 1 nitrogen and oxygen atoms in total. The van der Waals surface area contributed by atoms with Crippen LogP contribution in [-0.4, -0.2) is 6.04 Å². The van der Waals surface area contributed by atoms with Crippen molar-refractivity contribution in [2.24, 2.45) is 17.6 Å². The maximum absolute atomic E-state index is 6.44. The molecule has 18 heavy (non-hydrogen) atoms. The highest BCUT2D eigenvalue weighted by Crippen LogP contribution is 2.61. The van der Waals surface area contributed by atoms with Gasteiger partial charge < -0.3 is 5.73 Å². The summed E-state index contributed by atoms with van der Waals surface area (Å²) in [7, 11) is 0. The van der Waals surface area contributed by atoms with Crippen molar-refractivity contribution in [3.05, 3.63) is 35.4 Å². The monoisotopic (exact) mass is 243 g/mol. The zero-order valence-electron chi connectivity index (χ0n) is 11.4. The molecular formula is C17H25N. The summed E-state index contributed by atoms with van der Waals surface area (Å²) in [4.78, 5) is 0. The van der Waals surface area contributed by atoms with E-state index in [4.69, 9.17) is 5.73 Å². The van der Waals surface area contributed by atoms with Gasteiger partial charge in [0.15, 0.2) is 0 Å². The van der Waals surface area contributed by atoms with Crippen LogP contribution in [0.15, 0.2) is 24.3 Å². The lowest BCUT2D eigenvalue weighted by molar-refractivity contribution is 0.480. The topological polar surface area (TPSA) is 26.0 Å². The molecule has 4 unspecified atom stereocenters. The summed E-state index contributed by atoms with van der Waals surface area (Å²) >= 11 is 0. The lowest BCUT2D eigenvalue weighted by atomic mass is 9.92. The summed E-state index contributed by atoms with van der Waals surface area (Å²) < 4.78 is 0. The molecule has 2 N–H and O–H groups in total. The zero-order valence-corrected chi connectivity index (χ0v) is 11.4. The molecule has 0 aliphatic heterocycles. The lowest BCUT2D eigenvalue weighted by Gasteiger charge is -2.13. The summed E-state index contributed by atoms with van der Waals surface area (Å²) in [5.41, 5.74) is 9.64. The van der Waals surface area contributed by atoms with E-state index in [1.165, 1.54) is 38.5 Å². The van der Waals surface area contributed by atoms with E-state index < -0.39 is 0 Å². The molecule has 1 aromatic carbocycles. The molecule has 0 aromatic heterocycles. The molecule has 2 aliphatic rings. The molecule has 0 amide bonds. The molecule has 0 bridgehead atoms. The Balaban J connectivity index is 1.65. The molecule has 1 aromatic rings. The minimum Gasteiger partial charge on any atom is -0.327 e. The Morgan fingerprint density at radius 1 is 1.28 bits per heavy atom. The first kappa shape index (κ1) is 12.2. The van der Waals surface area contributed by atoms with Gasteiger partial charge in [0.25, 0.3) is 0 Å². The van der Waals surface area contributed by atoms with Crippen molar-refractivity contribution in [2.45, 2.75) is 57.4 Å². The normalized spacial score (nSPS) is 30.4. The molecule has 0 saturated heterocycles. The van der Waals surface area contributed by atoms with Gasteiger partial charge in [0.1, 0.15) is 0 Å². The second kappa shape index (κ2) is 5.05. The van der Waals surface area contributed by atoms with Crippen LogP contribution >= 0.6 is 0 Å². The van der Waals surface area contributed by atoms with Crippen molar-refractivity contribution in [1.29, 1.82) is 0 Å². The van der Waals surface area contributed by atoms with Gasteiger partial charge in [0.05, 0.1) is 0 Å². The van der Waals surface area contributed by atoms with Crippen molar-refractivity contribution in [3.63, 3.8) is 0 Å². The highest BCUT2D eigenvalue weighted by molar-refractivity contribution is 5.39. The smallest absolute Gasteiger partial charge is 0.00759 e. The quantitative estimate of drug-likeness (QED) is 0.781. The van der Waals surface area contributed by atoms with Crippen molar-refractivity contribution in [3.8, 4) is 0 Å². The van der Waals surface area contributed by atoms with Gasteiger partial charge in [-0.15, -0.1) is 0 Å². The molecular weight excluding hydrogens is 218 g/mol. The van der Waals surface area contributed by atoms with E-state index in [-0.39, 0.29) is 0 Å². The van der Waals surface area contributed by atoms with Crippen LogP contribution in [0.1, 0.15) is 56.1 Å². The average molecular weight is 243 g/mol. The number of benzene rings is 1. The maximum Gasteiger partial charge on any atom is 0.00759 e. The molecule has 1 fully saturated rings. The Labute approximate surface area is 111 Å². The second-order valence-electron chi connectivity index (χ2n) is 6.16. The fourth-order valence-electron chi connectivity index (χ4n) is 4.03. The largest absolute Gasteiger partial charge is 0.327 e. The van der Waals surface area contributed by atoms with Gasteiger partial charge >= 0.3 is 0 Å². The fraction of sp³-hybridized carbons (Fsp3) is 0.647. The van der Waals surface area contributed by atoms with Gasteiger partial charge in [-0.2, -0.15) is 0 Å². The molecule has 1 heteroatoms. The number of hydrogen-bond donors (Lipinski definition) is 1. The summed E-state index contributed by atoms with van der Waals surface area (Å²) in [6, 6.07) is 9.46. The van der Waals surface area contributed by atoms with Crippen LogP contribution in [0.25, 0.3) is 0 Å². The van der Waals surface area contributed by atoms with Gasteiger partial charge in [-0.05, 0) is 48.1 Å². The minimum absolute atomic E-state index is 0.442. The number of hydrogen-bond acceptors (Lipinski definition) is 1. The van der Waals surface area contributed by atoms with Crippen LogP contribution in [0.5, 0.6) is 0 Å². The summed E-state index contributed by atoms with van der Waals surface area (Å²) in [5.74, 6) is 2.48. The van der Waals surface area contributed by atoms with Gasteiger partial charge in [0, 0.05) is 6.04 Å². The third-order valence-electron chi connectivity index (χ3n) is 5.03. The van der Waals surface area contributed by atoms with E-state index in [9.17, 15) is 0 Å². The summed E-state index contributed by atoms with van der Waals surface area (Å²) in [6.07, 6.45) is 7.83. The van der Waals surface area contributed by atoms with E-state index in [0.29, 0.717) is 6.04 Å². The first-order valence-corrected chi connectivity index (χ1v) is 7.66. The van der Waals surface area contributed by atoms with Crippen molar-refractivity contribution in [2.75, 3.05) is 0 Å². The molecule has 0 spiro atoms. The van der Waals surface area contributed by atoms with Crippen LogP contribution in [-0.2, 0) is 6.42 Å². The van der Waals surface area contributed by atoms with Gasteiger partial charge in [-0.1, -0.05) is 50.5 Å². The maximum atomic E-state index is 6.44. The molecule has 3 rings (SSSR count). The highest BCUT2D eigenvalue weighted by Gasteiger charge is 2.54. The molecule has 98 valence electrons. The van der Waals surface area contributed by atoms with E-state index >= 15 is 0 Å². The standard InChI is InChI=1S/C17H25N/c1-2-3-4-9-15(18)17-14-11-10-12-7-5-6-8-13(12)16(14)17/h5-8,14-17H,2-4,9-11,18H2,1H3. The SMILES string of the molecule is CCCCCC(N)C1C2CCc3ccccc3C21. The highest BCUT2D eigenvalue weighted by atomic mass is 14.7. The second-order valence-corrected chi connectivity index (χ2v) is 6.16. The first-order chi connectivity index (χ1) is 8.83. The number of unbranched alkanes of at least 4 members (excludes halogenated alkanes) is 2. The number of fused-ring (bicyclic) bond motifs is 3. The van der Waals surface area contributed by atoms with E-state index in [1.54, 1.807) is 11.1 Å². The van der Waals surface area contributed by atoms with E-state index in [1.807, 2.05) is 0 Å². The van der Waals surface area contributed by atoms with Gasteiger partial charge in [-0.25, -0.2) is 0 Å². The predicted molar refractivity (Wildman–Crippen MR) is 76.6 cm³/mol. The van der Waals surface area contributed by atoms with Crippen LogP contribution < -0.4 is 5.73 Å². The third kappa shape index (κ3) is 2.09. The Hall–Kier alpha value is -0.820. The fourth-order valence-corrected chi connectivity index (χ4v) is 4.03. The number of rotatable bonds is 5. The van der Waals surface area contributed by atoms with Crippen molar-refractivity contribution >= 4 is 0 Å². The van der Waals surface area contributed by atoms with E-state index in [0.717, 1.165) is 17.8 Å². The van der Waals surface area contributed by atoms with Gasteiger partial charge in [0.2, 0.25) is 0 Å². The van der Waals surface area contributed by atoms with E-state index in [2.05, 4.69) is 31.2 Å². The predicted octanol–water partition coefficient (Wildman–Crippen LogP) is 3.87. The Morgan fingerprint density at radius 2 is 2.11 bits per heavy atom. The number of aryl methyl sites for hydroxylation is 1. The molecule has 2 aliphatic carbocycles. The van der Waals surface area contributed by atoms with Gasteiger partial charge in [-0.3, -0.25) is 0 Å². The summed E-state index contributed by atoms with van der Waals surface area (Å²) in [5, 5.41) is 0.